The number of aliphatic imine (C=N–C) groups is 1. The molecule has 0 radical (unpaired) electrons. The quantitative estimate of drug-likeness (QED) is 0.471. The van der Waals surface area contributed by atoms with Gasteiger partial charge in [0.15, 0.2) is 10.3 Å². The standard InChI is InChI=1S/C20H21N7O2S2/c1-27(2)7-3-4-17(28)24-19-21-11-14(30-19)9-16-18(29)25-20(31-16)23-13-6-5-12-10-22-26-15(12)8-13/h5-6,8-11H,3-4,7H2,1-2H3,(H,22,26)(H,21,24,28)(H,23,25,29)/b16-9-. The second kappa shape index (κ2) is 9.41. The number of nitrogens with zero attached hydrogens (tertiary/aromatic N) is 4. The maximum Gasteiger partial charge on any atom is 0.264 e. The van der Waals surface area contributed by atoms with E-state index in [-0.39, 0.29) is 11.8 Å². The van der Waals surface area contributed by atoms with E-state index in [1.54, 1.807) is 18.5 Å². The number of thiazole rings is 1. The van der Waals surface area contributed by atoms with Crippen molar-refractivity contribution in [1.29, 1.82) is 0 Å². The molecule has 0 bridgehead atoms. The molecule has 9 nitrogen and oxygen atoms in total. The molecule has 0 atom stereocenters. The minimum Gasteiger partial charge on any atom is -0.309 e. The summed E-state index contributed by atoms with van der Waals surface area (Å²) in [5, 5.41) is 14.5. The lowest BCUT2D eigenvalue weighted by atomic mass is 10.2. The predicted octanol–water partition coefficient (Wildman–Crippen LogP) is 3.19. The summed E-state index contributed by atoms with van der Waals surface area (Å²) >= 11 is 2.59. The Labute approximate surface area is 187 Å². The molecule has 1 aliphatic rings. The fraction of sp³-hybridized carbons (Fsp3) is 0.250. The normalized spacial score (nSPS) is 16.5. The third-order valence-electron chi connectivity index (χ3n) is 4.36. The first-order valence-electron chi connectivity index (χ1n) is 9.59. The van der Waals surface area contributed by atoms with Gasteiger partial charge in [-0.15, -0.1) is 0 Å². The molecule has 2 aromatic heterocycles. The third-order valence-corrected chi connectivity index (χ3v) is 6.13. The van der Waals surface area contributed by atoms with Gasteiger partial charge in [0.1, 0.15) is 0 Å². The maximum atomic E-state index is 12.3. The van der Waals surface area contributed by atoms with E-state index in [9.17, 15) is 9.59 Å². The van der Waals surface area contributed by atoms with Crippen molar-refractivity contribution >= 4 is 67.9 Å². The van der Waals surface area contributed by atoms with Gasteiger partial charge in [-0.25, -0.2) is 9.98 Å². The summed E-state index contributed by atoms with van der Waals surface area (Å²) in [6.07, 6.45) is 6.36. The second-order valence-corrected chi connectivity index (χ2v) is 9.24. The number of aromatic nitrogens is 3. The molecule has 31 heavy (non-hydrogen) atoms. The van der Waals surface area contributed by atoms with Crippen LogP contribution in [-0.4, -0.2) is 57.7 Å². The zero-order valence-electron chi connectivity index (χ0n) is 17.0. The zero-order valence-corrected chi connectivity index (χ0v) is 18.6. The van der Waals surface area contributed by atoms with Crippen LogP contribution in [0.25, 0.3) is 17.0 Å². The Bertz CT molecular complexity index is 1180. The van der Waals surface area contributed by atoms with Crippen LogP contribution < -0.4 is 10.6 Å². The molecule has 3 heterocycles. The first-order valence-corrected chi connectivity index (χ1v) is 11.2. The van der Waals surface area contributed by atoms with Gasteiger partial charge >= 0.3 is 0 Å². The van der Waals surface area contributed by atoms with Gasteiger partial charge in [-0.2, -0.15) is 5.10 Å². The summed E-state index contributed by atoms with van der Waals surface area (Å²) in [5.74, 6) is -0.277. The number of fused-ring (bicyclic) bond motifs is 1. The maximum absolute atomic E-state index is 12.3. The van der Waals surface area contributed by atoms with Crippen molar-refractivity contribution in [2.75, 3.05) is 26.0 Å². The van der Waals surface area contributed by atoms with Crippen LogP contribution in [0.3, 0.4) is 0 Å². The van der Waals surface area contributed by atoms with Crippen LogP contribution in [0.15, 0.2) is 40.5 Å². The number of amidine groups is 1. The van der Waals surface area contributed by atoms with Crippen LogP contribution in [0.4, 0.5) is 10.8 Å². The van der Waals surface area contributed by atoms with E-state index in [2.05, 4.69) is 30.8 Å². The number of thioether (sulfide) groups is 1. The summed E-state index contributed by atoms with van der Waals surface area (Å²) in [7, 11) is 3.95. The summed E-state index contributed by atoms with van der Waals surface area (Å²) < 4.78 is 0. The van der Waals surface area contributed by atoms with Crippen LogP contribution in [0.2, 0.25) is 0 Å². The van der Waals surface area contributed by atoms with Crippen LogP contribution in [0, 0.1) is 0 Å². The Morgan fingerprint density at radius 2 is 2.19 bits per heavy atom. The van der Waals surface area contributed by atoms with E-state index in [1.165, 1.54) is 23.1 Å². The predicted molar refractivity (Wildman–Crippen MR) is 125 cm³/mol. The highest BCUT2D eigenvalue weighted by atomic mass is 32.2. The van der Waals surface area contributed by atoms with Crippen LogP contribution in [0.5, 0.6) is 0 Å². The molecular weight excluding hydrogens is 434 g/mol. The van der Waals surface area contributed by atoms with Gasteiger partial charge in [0.2, 0.25) is 5.91 Å². The molecule has 2 amide bonds. The zero-order chi connectivity index (χ0) is 21.8. The van der Waals surface area contributed by atoms with Crippen molar-refractivity contribution in [1.82, 2.24) is 25.4 Å². The molecule has 3 aromatic rings. The van der Waals surface area contributed by atoms with Gasteiger partial charge in [0.05, 0.1) is 27.2 Å². The van der Waals surface area contributed by atoms with Crippen LogP contribution in [-0.2, 0) is 9.59 Å². The Morgan fingerprint density at radius 3 is 3.03 bits per heavy atom. The lowest BCUT2D eigenvalue weighted by molar-refractivity contribution is -0.116. The number of anilines is 1. The molecule has 1 aromatic carbocycles. The number of nitrogens with one attached hydrogen (secondary N) is 3. The summed E-state index contributed by atoms with van der Waals surface area (Å²) in [4.78, 5) is 36.4. The van der Waals surface area contributed by atoms with Crippen molar-refractivity contribution in [2.45, 2.75) is 12.8 Å². The molecule has 0 saturated carbocycles. The highest BCUT2D eigenvalue weighted by molar-refractivity contribution is 8.18. The fourth-order valence-corrected chi connectivity index (χ4v) is 4.55. The monoisotopic (exact) mass is 455 g/mol. The molecule has 0 unspecified atom stereocenters. The van der Waals surface area contributed by atoms with Crippen molar-refractivity contribution < 1.29 is 9.59 Å². The van der Waals surface area contributed by atoms with Gasteiger partial charge in [0, 0.05) is 18.0 Å². The van der Waals surface area contributed by atoms with Crippen molar-refractivity contribution in [3.63, 3.8) is 0 Å². The number of carbonyl (C=O) groups is 2. The Morgan fingerprint density at radius 1 is 1.32 bits per heavy atom. The molecule has 3 N–H and O–H groups in total. The van der Waals surface area contributed by atoms with Gasteiger partial charge in [-0.1, -0.05) is 11.3 Å². The Balaban J connectivity index is 1.39. The first-order chi connectivity index (χ1) is 15.0. The number of amides is 2. The highest BCUT2D eigenvalue weighted by Crippen LogP contribution is 2.30. The topological polar surface area (TPSA) is 115 Å². The van der Waals surface area contributed by atoms with Crippen LogP contribution in [0.1, 0.15) is 17.7 Å². The summed E-state index contributed by atoms with van der Waals surface area (Å²) in [6, 6.07) is 5.67. The second-order valence-electron chi connectivity index (χ2n) is 7.15. The molecule has 0 spiro atoms. The lowest BCUT2D eigenvalue weighted by Crippen LogP contribution is -2.19. The number of hydrogen-bond acceptors (Lipinski definition) is 8. The molecule has 11 heteroatoms. The number of rotatable bonds is 7. The van der Waals surface area contributed by atoms with E-state index in [0.29, 0.717) is 21.6 Å². The Kier molecular flexibility index (Phi) is 6.44. The van der Waals surface area contributed by atoms with Gasteiger partial charge in [0.25, 0.3) is 5.91 Å². The molecule has 1 fully saturated rings. The van der Waals surface area contributed by atoms with Crippen molar-refractivity contribution in [3.8, 4) is 0 Å². The van der Waals surface area contributed by atoms with Crippen molar-refractivity contribution in [3.05, 3.63) is 40.4 Å². The van der Waals surface area contributed by atoms with Crippen molar-refractivity contribution in [2.24, 2.45) is 4.99 Å². The van der Waals surface area contributed by atoms with E-state index < -0.39 is 0 Å². The number of hydrogen-bond donors (Lipinski definition) is 3. The lowest BCUT2D eigenvalue weighted by Gasteiger charge is -2.08. The van der Waals surface area contributed by atoms with E-state index in [4.69, 9.17) is 0 Å². The average molecular weight is 456 g/mol. The number of carbonyl (C=O) groups excluding carboxylic acids is 2. The average Bonchev–Trinajstić information content (AvgIpc) is 3.43. The Hall–Kier alpha value is -3.02. The highest BCUT2D eigenvalue weighted by Gasteiger charge is 2.24. The van der Waals surface area contributed by atoms with E-state index in [1.807, 2.05) is 37.2 Å². The minimum absolute atomic E-state index is 0.0629. The van der Waals surface area contributed by atoms with Gasteiger partial charge in [-0.3, -0.25) is 14.7 Å². The SMILES string of the molecule is CN(C)CCCC(=O)Nc1ncc(/C=C2\S/C(=N\c3ccc4cn[nH]c4c3)NC2=O)s1. The smallest absolute Gasteiger partial charge is 0.264 e. The molecule has 1 saturated heterocycles. The van der Waals surface area contributed by atoms with Gasteiger partial charge < -0.3 is 15.5 Å². The largest absolute Gasteiger partial charge is 0.309 e. The molecule has 0 aliphatic carbocycles. The number of aromatic amines is 1. The molecule has 1 aliphatic heterocycles. The van der Waals surface area contributed by atoms with E-state index in [0.717, 1.165) is 34.4 Å². The minimum atomic E-state index is -0.214. The first kappa shape index (κ1) is 21.2. The molecule has 4 rings (SSSR count). The number of benzene rings is 1. The van der Waals surface area contributed by atoms with E-state index >= 15 is 0 Å². The number of H-pyrrole nitrogens is 1. The third kappa shape index (κ3) is 5.57. The van der Waals surface area contributed by atoms with Gasteiger partial charge in [-0.05, 0) is 63.1 Å². The molecular formula is C20H21N7O2S2. The molecule has 160 valence electrons. The van der Waals surface area contributed by atoms with Crippen LogP contribution >= 0.6 is 23.1 Å². The fourth-order valence-electron chi connectivity index (χ4n) is 2.87. The summed E-state index contributed by atoms with van der Waals surface area (Å²) in [5.41, 5.74) is 1.60. The summed E-state index contributed by atoms with van der Waals surface area (Å²) in [6.45, 7) is 0.856.